The zero-order valence-corrected chi connectivity index (χ0v) is 15.5. The third kappa shape index (κ3) is 3.38. The molecule has 0 spiro atoms. The molecule has 126 valence electrons. The van der Waals surface area contributed by atoms with Crippen LogP contribution in [0.4, 0.5) is 0 Å². The number of nitrogens with zero attached hydrogens (tertiary/aromatic N) is 1. The number of unbranched alkanes of at least 4 members (excludes halogenated alkanes) is 1. The number of pyridine rings is 1. The Bertz CT molecular complexity index is 1030. The minimum absolute atomic E-state index is 0.791. The second-order valence-corrected chi connectivity index (χ2v) is 7.55. The Morgan fingerprint density at radius 1 is 0.960 bits per heavy atom. The highest BCUT2D eigenvalue weighted by atomic mass is 32.1. The van der Waals surface area contributed by atoms with Crippen molar-refractivity contribution in [1.29, 1.82) is 0 Å². The molecule has 2 nitrogen and oxygen atoms in total. The maximum Gasteiger partial charge on any atom is 0.186 e. The molecule has 4 aromatic rings. The molecule has 0 atom stereocenters. The molecule has 0 saturated heterocycles. The van der Waals surface area contributed by atoms with Gasteiger partial charge in [0.25, 0.3) is 0 Å². The summed E-state index contributed by atoms with van der Waals surface area (Å²) in [6.07, 6.45) is 6.54. The fourth-order valence-electron chi connectivity index (χ4n) is 3.02. The lowest BCUT2D eigenvalue weighted by molar-refractivity contribution is -0.670. The predicted octanol–water partition coefficient (Wildman–Crippen LogP) is 5.72. The highest BCUT2D eigenvalue weighted by Gasteiger charge is 2.08. The summed E-state index contributed by atoms with van der Waals surface area (Å²) >= 11 is 1.84. The molecule has 0 amide bonds. The molecular formula is C22H22NOS+. The normalized spacial score (nSPS) is 11.3. The summed E-state index contributed by atoms with van der Waals surface area (Å²) in [6, 6.07) is 17.5. The number of ether oxygens (including phenoxy) is 1. The van der Waals surface area contributed by atoms with Crippen LogP contribution in [0.25, 0.3) is 31.3 Å². The van der Waals surface area contributed by atoms with Gasteiger partial charge in [0.15, 0.2) is 12.4 Å². The van der Waals surface area contributed by atoms with Crippen LogP contribution in [0.3, 0.4) is 0 Å². The van der Waals surface area contributed by atoms with E-state index in [0.717, 1.165) is 25.2 Å². The van der Waals surface area contributed by atoms with Crippen LogP contribution in [0, 0.1) is 0 Å². The Hall–Kier alpha value is -2.39. The Balaban J connectivity index is 1.66. The summed E-state index contributed by atoms with van der Waals surface area (Å²) in [7, 11) is 2.06. The van der Waals surface area contributed by atoms with E-state index < -0.39 is 0 Å². The zero-order valence-electron chi connectivity index (χ0n) is 14.7. The van der Waals surface area contributed by atoms with Gasteiger partial charge in [0.05, 0.1) is 11.3 Å². The van der Waals surface area contributed by atoms with Crippen LogP contribution in [-0.2, 0) is 7.05 Å². The van der Waals surface area contributed by atoms with Crippen molar-refractivity contribution < 1.29 is 9.30 Å². The second-order valence-electron chi connectivity index (χ2n) is 6.47. The standard InChI is InChI=1S/C22H22NOS/c1-3-4-11-24-20-8-7-16-12-18(6-5-17(16)13-20)21-14-19-9-10-23(2)15-22(19)25-21/h5-10,12-15H,3-4,11H2,1-2H3/q+1. The third-order valence-corrected chi connectivity index (χ3v) is 5.60. The van der Waals surface area contributed by atoms with Crippen LogP contribution < -0.4 is 9.30 Å². The summed E-state index contributed by atoms with van der Waals surface area (Å²) < 4.78 is 9.24. The van der Waals surface area contributed by atoms with Crippen LogP contribution in [0.1, 0.15) is 19.8 Å². The smallest absolute Gasteiger partial charge is 0.186 e. The van der Waals surface area contributed by atoms with E-state index in [1.165, 1.54) is 31.3 Å². The number of hydrogen-bond donors (Lipinski definition) is 0. The molecule has 2 aromatic carbocycles. The predicted molar refractivity (Wildman–Crippen MR) is 106 cm³/mol. The first-order chi connectivity index (χ1) is 12.2. The Labute approximate surface area is 152 Å². The average molecular weight is 348 g/mol. The number of hydrogen-bond acceptors (Lipinski definition) is 2. The molecule has 25 heavy (non-hydrogen) atoms. The van der Waals surface area contributed by atoms with E-state index in [4.69, 9.17) is 4.74 Å². The first kappa shape index (κ1) is 16.1. The van der Waals surface area contributed by atoms with E-state index in [-0.39, 0.29) is 0 Å². The van der Waals surface area contributed by atoms with Crippen molar-refractivity contribution in [2.75, 3.05) is 6.61 Å². The van der Waals surface area contributed by atoms with Gasteiger partial charge in [0.2, 0.25) is 0 Å². The third-order valence-electron chi connectivity index (χ3n) is 4.46. The Morgan fingerprint density at radius 2 is 1.80 bits per heavy atom. The first-order valence-corrected chi connectivity index (χ1v) is 9.60. The molecule has 4 rings (SSSR count). The maximum absolute atomic E-state index is 5.82. The van der Waals surface area contributed by atoms with Crippen molar-refractivity contribution in [1.82, 2.24) is 0 Å². The van der Waals surface area contributed by atoms with Gasteiger partial charge in [0.1, 0.15) is 12.8 Å². The summed E-state index contributed by atoms with van der Waals surface area (Å²) in [5, 5.41) is 3.78. The van der Waals surface area contributed by atoms with Crippen LogP contribution in [-0.4, -0.2) is 6.61 Å². The van der Waals surface area contributed by atoms with Crippen molar-refractivity contribution in [3.8, 4) is 16.2 Å². The van der Waals surface area contributed by atoms with Crippen LogP contribution >= 0.6 is 11.3 Å². The van der Waals surface area contributed by atoms with Crippen molar-refractivity contribution in [2.24, 2.45) is 7.05 Å². The number of fused-ring (bicyclic) bond motifs is 2. The molecule has 0 aliphatic heterocycles. The zero-order chi connectivity index (χ0) is 17.2. The molecule has 0 unspecified atom stereocenters. The molecule has 0 saturated carbocycles. The molecule has 3 heteroatoms. The lowest BCUT2D eigenvalue weighted by Crippen LogP contribution is -2.25. The van der Waals surface area contributed by atoms with Gasteiger partial charge in [-0.2, -0.15) is 0 Å². The maximum atomic E-state index is 5.82. The van der Waals surface area contributed by atoms with E-state index in [1.807, 2.05) is 11.3 Å². The van der Waals surface area contributed by atoms with E-state index >= 15 is 0 Å². The highest BCUT2D eigenvalue weighted by molar-refractivity contribution is 7.22. The van der Waals surface area contributed by atoms with Gasteiger partial charge in [-0.15, -0.1) is 11.3 Å². The molecule has 0 fully saturated rings. The summed E-state index contributed by atoms with van der Waals surface area (Å²) in [5.74, 6) is 0.961. The lowest BCUT2D eigenvalue weighted by atomic mass is 10.1. The van der Waals surface area contributed by atoms with Crippen molar-refractivity contribution >= 4 is 32.2 Å². The van der Waals surface area contributed by atoms with E-state index in [2.05, 4.69) is 79.5 Å². The van der Waals surface area contributed by atoms with Crippen molar-refractivity contribution in [3.05, 3.63) is 60.9 Å². The number of aryl methyl sites for hydroxylation is 1. The summed E-state index contributed by atoms with van der Waals surface area (Å²) in [4.78, 5) is 1.31. The topological polar surface area (TPSA) is 13.1 Å². The molecule has 0 aliphatic rings. The van der Waals surface area contributed by atoms with Gasteiger partial charge in [-0.1, -0.05) is 31.5 Å². The van der Waals surface area contributed by atoms with E-state index in [0.29, 0.717) is 0 Å². The van der Waals surface area contributed by atoms with E-state index in [1.54, 1.807) is 0 Å². The van der Waals surface area contributed by atoms with Crippen LogP contribution in [0.2, 0.25) is 0 Å². The largest absolute Gasteiger partial charge is 0.494 e. The summed E-state index contributed by atoms with van der Waals surface area (Å²) in [5.41, 5.74) is 1.27. The monoisotopic (exact) mass is 348 g/mol. The fourth-order valence-corrected chi connectivity index (χ4v) is 4.15. The van der Waals surface area contributed by atoms with Crippen LogP contribution in [0.15, 0.2) is 60.9 Å². The molecular weight excluding hydrogens is 326 g/mol. The Morgan fingerprint density at radius 3 is 2.68 bits per heavy atom. The minimum Gasteiger partial charge on any atom is -0.494 e. The summed E-state index contributed by atoms with van der Waals surface area (Å²) in [6.45, 7) is 2.97. The van der Waals surface area contributed by atoms with Gasteiger partial charge in [-0.05, 0) is 47.0 Å². The van der Waals surface area contributed by atoms with Gasteiger partial charge < -0.3 is 4.74 Å². The molecule has 0 aliphatic carbocycles. The molecule has 0 N–H and O–H groups in total. The van der Waals surface area contributed by atoms with Gasteiger partial charge >= 0.3 is 0 Å². The first-order valence-electron chi connectivity index (χ1n) is 8.79. The molecule has 0 bridgehead atoms. The van der Waals surface area contributed by atoms with Gasteiger partial charge in [0, 0.05) is 16.3 Å². The van der Waals surface area contributed by atoms with Crippen LogP contribution in [0.5, 0.6) is 5.75 Å². The molecule has 0 radical (unpaired) electrons. The number of rotatable bonds is 5. The second kappa shape index (κ2) is 6.85. The van der Waals surface area contributed by atoms with Crippen molar-refractivity contribution in [3.63, 3.8) is 0 Å². The molecule has 2 heterocycles. The molecule has 2 aromatic heterocycles. The fraction of sp³-hybridized carbons (Fsp3) is 0.227. The number of benzene rings is 2. The Kier molecular flexibility index (Phi) is 4.41. The SMILES string of the molecule is CCCCOc1ccc2cc(-c3cc4cc[n+](C)cc4s3)ccc2c1. The highest BCUT2D eigenvalue weighted by Crippen LogP contribution is 2.34. The number of aromatic nitrogens is 1. The lowest BCUT2D eigenvalue weighted by Gasteiger charge is -2.07. The quantitative estimate of drug-likeness (QED) is 0.332. The minimum atomic E-state index is 0.791. The number of thiophene rings is 1. The van der Waals surface area contributed by atoms with Gasteiger partial charge in [-0.25, -0.2) is 4.57 Å². The van der Waals surface area contributed by atoms with Gasteiger partial charge in [-0.3, -0.25) is 0 Å². The average Bonchev–Trinajstić information content (AvgIpc) is 3.04. The van der Waals surface area contributed by atoms with Crippen molar-refractivity contribution in [2.45, 2.75) is 19.8 Å². The van der Waals surface area contributed by atoms with E-state index in [9.17, 15) is 0 Å².